The van der Waals surface area contributed by atoms with Crippen LogP contribution in [0.1, 0.15) is 99.3 Å². The number of hydrogen-bond acceptors (Lipinski definition) is 10. The van der Waals surface area contributed by atoms with Crippen LogP contribution in [0, 0.1) is 11.8 Å². The third-order valence-electron chi connectivity index (χ3n) is 13.1. The van der Waals surface area contributed by atoms with Gasteiger partial charge in [0.1, 0.15) is 23.0 Å². The first kappa shape index (κ1) is 44.0. The van der Waals surface area contributed by atoms with Gasteiger partial charge in [0.05, 0.1) is 37.6 Å². The van der Waals surface area contributed by atoms with Crippen LogP contribution in [0.4, 0.5) is 0 Å². The highest BCUT2D eigenvalue weighted by atomic mass is 16.6. The third kappa shape index (κ3) is 12.1. The van der Waals surface area contributed by atoms with E-state index >= 15 is 0 Å². The summed E-state index contributed by atoms with van der Waals surface area (Å²) in [7, 11) is 0. The molecule has 10 nitrogen and oxygen atoms in total. The number of rotatable bonds is 22. The van der Waals surface area contributed by atoms with Crippen LogP contribution < -0.4 is 18.9 Å². The van der Waals surface area contributed by atoms with E-state index < -0.39 is 11.9 Å². The summed E-state index contributed by atoms with van der Waals surface area (Å²) in [6.07, 6.45) is 19.3. The lowest BCUT2D eigenvalue weighted by molar-refractivity contribution is -0.129. The fourth-order valence-electron chi connectivity index (χ4n) is 9.33. The Morgan fingerprint density at radius 3 is 1.39 bits per heavy atom. The van der Waals surface area contributed by atoms with Crippen molar-refractivity contribution in [1.82, 2.24) is 0 Å². The topological polar surface area (TPSA) is 115 Å². The minimum absolute atomic E-state index is 0.0107. The molecule has 6 unspecified atom stereocenters. The summed E-state index contributed by atoms with van der Waals surface area (Å²) in [5.74, 6) is 2.90. The van der Waals surface area contributed by atoms with Crippen LogP contribution in [0.3, 0.4) is 0 Å². The fraction of sp³-hybridized carbons (Fsp3) is 0.444. The SMILES string of the molecule is CC1c2cc(OC(=O)/C=C/c3ccc(OCCCCOCC4CCC5OC5C4)cc3)ccc2-c2ccc(OC(=O)/C=C/c3ccc(OCCCCOCC4CCC5OC5C4)cc3)cc21. The van der Waals surface area contributed by atoms with E-state index in [1.807, 2.05) is 84.9 Å². The van der Waals surface area contributed by atoms with E-state index in [2.05, 4.69) is 6.92 Å². The van der Waals surface area contributed by atoms with Crippen molar-refractivity contribution in [3.63, 3.8) is 0 Å². The van der Waals surface area contributed by atoms with E-state index in [4.69, 9.17) is 37.9 Å². The molecule has 0 spiro atoms. The molecular formula is C54H60O10. The van der Waals surface area contributed by atoms with Crippen LogP contribution in [0.2, 0.25) is 0 Å². The Balaban J connectivity index is 0.660. The number of esters is 2. The molecule has 0 aromatic heterocycles. The lowest BCUT2D eigenvalue weighted by Gasteiger charge is -2.18. The van der Waals surface area contributed by atoms with Gasteiger partial charge in [-0.15, -0.1) is 0 Å². The smallest absolute Gasteiger partial charge is 0.336 e. The second-order valence-corrected chi connectivity index (χ2v) is 17.9. The Labute approximate surface area is 376 Å². The zero-order chi connectivity index (χ0) is 43.7. The summed E-state index contributed by atoms with van der Waals surface area (Å²) >= 11 is 0. The zero-order valence-electron chi connectivity index (χ0n) is 36.8. The van der Waals surface area contributed by atoms with E-state index in [1.54, 1.807) is 12.2 Å². The first-order valence-electron chi connectivity index (χ1n) is 23.4. The lowest BCUT2D eigenvalue weighted by Crippen LogP contribution is -2.18. The Morgan fingerprint density at radius 2 is 0.953 bits per heavy atom. The fourth-order valence-corrected chi connectivity index (χ4v) is 9.33. The molecule has 9 rings (SSSR count). The Bertz CT molecular complexity index is 2110. The van der Waals surface area contributed by atoms with Gasteiger partial charge in [0.25, 0.3) is 0 Å². The standard InChI is InChI=1S/C54H60O10/c1-36-47-32-43(61-53(55)24-12-37-6-14-41(15-7-37)59-28-4-2-26-57-34-39-10-22-49-51(30-39)63-49)18-20-45(47)46-21-19-44(33-48(36)46)62-54(56)25-13-38-8-16-42(17-9-38)60-29-5-3-27-58-35-40-11-23-50-52(31-40)64-50/h6-9,12-21,24-25,32-33,36,39-40,49-52H,2-5,10-11,22-23,26-31,34-35H2,1H3/b24-12+,25-13+. The lowest BCUT2D eigenvalue weighted by atomic mass is 9.90. The van der Waals surface area contributed by atoms with E-state index in [-0.39, 0.29) is 5.92 Å². The molecule has 2 heterocycles. The van der Waals surface area contributed by atoms with Gasteiger partial charge in [-0.05, 0) is 170 Å². The van der Waals surface area contributed by atoms with Crippen molar-refractivity contribution in [2.45, 2.75) is 101 Å². The van der Waals surface area contributed by atoms with Crippen molar-refractivity contribution in [2.75, 3.05) is 39.6 Å². The molecule has 10 heteroatoms. The number of ether oxygens (including phenoxy) is 8. The molecule has 2 saturated carbocycles. The minimum atomic E-state index is -0.463. The number of hydrogen-bond donors (Lipinski definition) is 0. The van der Waals surface area contributed by atoms with Crippen LogP contribution in [-0.2, 0) is 28.5 Å². The Hall–Kier alpha value is -5.26. The molecule has 5 aliphatic rings. The maximum absolute atomic E-state index is 12.8. The van der Waals surface area contributed by atoms with Gasteiger partial charge in [0.2, 0.25) is 0 Å². The molecule has 0 amide bonds. The highest BCUT2D eigenvalue weighted by Crippen LogP contribution is 2.47. The van der Waals surface area contributed by atoms with Crippen molar-refractivity contribution in [2.24, 2.45) is 11.8 Å². The van der Waals surface area contributed by atoms with Crippen molar-refractivity contribution in [1.29, 1.82) is 0 Å². The molecule has 64 heavy (non-hydrogen) atoms. The highest BCUT2D eigenvalue weighted by Gasteiger charge is 2.44. The van der Waals surface area contributed by atoms with Crippen LogP contribution in [0.5, 0.6) is 23.0 Å². The normalized spacial score (nSPS) is 23.8. The van der Waals surface area contributed by atoms with Crippen LogP contribution >= 0.6 is 0 Å². The van der Waals surface area contributed by atoms with Crippen molar-refractivity contribution >= 4 is 24.1 Å². The van der Waals surface area contributed by atoms with Crippen molar-refractivity contribution in [3.8, 4) is 34.1 Å². The number of carbonyl (C=O) groups excluding carboxylic acids is 2. The molecular weight excluding hydrogens is 809 g/mol. The quantitative estimate of drug-likeness (QED) is 0.0249. The summed E-state index contributed by atoms with van der Waals surface area (Å²) < 4.78 is 46.3. The van der Waals surface area contributed by atoms with Gasteiger partial charge in [-0.1, -0.05) is 43.3 Å². The van der Waals surface area contributed by atoms with Gasteiger partial charge in [-0.3, -0.25) is 0 Å². The molecule has 4 aromatic carbocycles. The first-order valence-corrected chi connectivity index (χ1v) is 23.4. The van der Waals surface area contributed by atoms with E-state index in [1.165, 1.54) is 37.8 Å². The van der Waals surface area contributed by atoms with Gasteiger partial charge >= 0.3 is 11.9 Å². The maximum Gasteiger partial charge on any atom is 0.336 e. The number of carbonyl (C=O) groups is 2. The van der Waals surface area contributed by atoms with Gasteiger partial charge in [-0.25, -0.2) is 9.59 Å². The molecule has 3 aliphatic carbocycles. The number of benzene rings is 4. The monoisotopic (exact) mass is 868 g/mol. The first-order chi connectivity index (χ1) is 31.4. The van der Waals surface area contributed by atoms with Crippen LogP contribution in [0.25, 0.3) is 23.3 Å². The molecule has 0 N–H and O–H groups in total. The summed E-state index contributed by atoms with van der Waals surface area (Å²) in [6.45, 7) is 6.55. The molecule has 6 atom stereocenters. The predicted molar refractivity (Wildman–Crippen MR) is 245 cm³/mol. The van der Waals surface area contributed by atoms with Crippen LogP contribution in [-0.4, -0.2) is 76.0 Å². The van der Waals surface area contributed by atoms with Crippen LogP contribution in [0.15, 0.2) is 97.1 Å². The van der Waals surface area contributed by atoms with Gasteiger partial charge in [0.15, 0.2) is 0 Å². The minimum Gasteiger partial charge on any atom is -0.494 e. The number of epoxide rings is 2. The predicted octanol–water partition coefficient (Wildman–Crippen LogP) is 10.5. The highest BCUT2D eigenvalue weighted by molar-refractivity contribution is 5.90. The second-order valence-electron chi connectivity index (χ2n) is 17.9. The second kappa shape index (κ2) is 21.2. The molecule has 4 aromatic rings. The van der Waals surface area contributed by atoms with Gasteiger partial charge in [-0.2, -0.15) is 0 Å². The maximum atomic E-state index is 12.8. The average molecular weight is 869 g/mol. The molecule has 0 bridgehead atoms. The van der Waals surface area contributed by atoms with Crippen molar-refractivity contribution in [3.05, 3.63) is 119 Å². The van der Waals surface area contributed by atoms with E-state index in [9.17, 15) is 9.59 Å². The molecule has 2 saturated heterocycles. The molecule has 2 aliphatic heterocycles. The number of unbranched alkanes of at least 4 members (excludes halogenated alkanes) is 2. The summed E-state index contributed by atoms with van der Waals surface area (Å²) in [4.78, 5) is 25.6. The molecule has 0 radical (unpaired) electrons. The van der Waals surface area contributed by atoms with E-state index in [0.29, 0.717) is 61.0 Å². The Morgan fingerprint density at radius 1 is 0.531 bits per heavy atom. The number of fused-ring (bicyclic) bond motifs is 5. The Kier molecular flexibility index (Phi) is 14.5. The summed E-state index contributed by atoms with van der Waals surface area (Å²) in [6, 6.07) is 26.7. The van der Waals surface area contributed by atoms with Crippen molar-refractivity contribution < 1.29 is 47.5 Å². The average Bonchev–Trinajstić information content (AvgIpc) is 4.25. The molecule has 336 valence electrons. The largest absolute Gasteiger partial charge is 0.494 e. The van der Waals surface area contributed by atoms with E-state index in [0.717, 1.165) is 110 Å². The summed E-state index contributed by atoms with van der Waals surface area (Å²) in [5, 5.41) is 0. The summed E-state index contributed by atoms with van der Waals surface area (Å²) in [5.41, 5.74) is 5.94. The molecule has 4 fully saturated rings. The van der Waals surface area contributed by atoms with Gasteiger partial charge in [0, 0.05) is 44.5 Å². The zero-order valence-corrected chi connectivity index (χ0v) is 36.8. The third-order valence-corrected chi connectivity index (χ3v) is 13.1. The van der Waals surface area contributed by atoms with Gasteiger partial charge < -0.3 is 37.9 Å².